The number of hydrogen-bond donors (Lipinski definition) is 0. The Kier molecular flexibility index (Phi) is 6.15. The maximum Gasteiger partial charge on any atom is 0.209 e. The molecule has 0 atom stereocenters. The fraction of sp³-hybridized carbons (Fsp3) is 0.345. The minimum atomic E-state index is -0.154. The standard InChI is InChI=1S/C29H34ClN2O2/c1-28(2)22-17-20(33-7)11-13-24(22)31(5)26(28)15-9-19(30)10-16-27-29(3,4)23-18-21(34-8)12-14-25(23)32(27)6/h9-18H,1-8H3/q+1. The Morgan fingerprint density at radius 3 is 2.21 bits per heavy atom. The van der Waals surface area contributed by atoms with E-state index < -0.39 is 0 Å². The number of benzene rings is 2. The lowest BCUT2D eigenvalue weighted by Gasteiger charge is -2.23. The number of likely N-dealkylation sites (N-methyl/N-ethyl adjacent to an activating group) is 1. The second-order valence-corrected chi connectivity index (χ2v) is 10.4. The molecule has 5 heteroatoms. The van der Waals surface area contributed by atoms with E-state index in [0.717, 1.165) is 11.5 Å². The van der Waals surface area contributed by atoms with Crippen molar-refractivity contribution in [1.29, 1.82) is 0 Å². The largest absolute Gasteiger partial charge is 0.497 e. The highest BCUT2D eigenvalue weighted by molar-refractivity contribution is 6.31. The Morgan fingerprint density at radius 1 is 0.941 bits per heavy atom. The van der Waals surface area contributed by atoms with Gasteiger partial charge in [-0.2, -0.15) is 4.58 Å². The van der Waals surface area contributed by atoms with Gasteiger partial charge in [0.1, 0.15) is 18.5 Å². The molecule has 0 saturated carbocycles. The summed E-state index contributed by atoms with van der Waals surface area (Å²) in [6, 6.07) is 12.5. The number of hydrogen-bond acceptors (Lipinski definition) is 3. The smallest absolute Gasteiger partial charge is 0.209 e. The highest BCUT2D eigenvalue weighted by Crippen LogP contribution is 2.48. The van der Waals surface area contributed by atoms with Crippen LogP contribution >= 0.6 is 11.6 Å². The Bertz CT molecular complexity index is 1260. The molecule has 178 valence electrons. The zero-order chi connectivity index (χ0) is 24.8. The van der Waals surface area contributed by atoms with Crippen LogP contribution in [0.1, 0.15) is 38.8 Å². The van der Waals surface area contributed by atoms with Gasteiger partial charge in [0, 0.05) is 46.6 Å². The van der Waals surface area contributed by atoms with Crippen molar-refractivity contribution in [2.75, 3.05) is 33.2 Å². The highest BCUT2D eigenvalue weighted by atomic mass is 35.5. The van der Waals surface area contributed by atoms with E-state index in [1.54, 1.807) is 14.2 Å². The molecule has 0 bridgehead atoms. The molecular formula is C29H34ClN2O2+. The lowest BCUT2D eigenvalue weighted by molar-refractivity contribution is -0.401. The minimum Gasteiger partial charge on any atom is -0.497 e. The van der Waals surface area contributed by atoms with Gasteiger partial charge < -0.3 is 14.4 Å². The van der Waals surface area contributed by atoms with Crippen molar-refractivity contribution < 1.29 is 14.0 Å². The lowest BCUT2D eigenvalue weighted by Crippen LogP contribution is -2.26. The molecule has 0 unspecified atom stereocenters. The molecule has 0 amide bonds. The Balaban J connectivity index is 1.62. The topological polar surface area (TPSA) is 24.7 Å². The van der Waals surface area contributed by atoms with Crippen molar-refractivity contribution in [1.82, 2.24) is 0 Å². The summed E-state index contributed by atoms with van der Waals surface area (Å²) in [5.74, 6) is 1.74. The van der Waals surface area contributed by atoms with Gasteiger partial charge in [-0.3, -0.25) is 0 Å². The Hall–Kier alpha value is -2.98. The summed E-state index contributed by atoms with van der Waals surface area (Å²) in [6.07, 6.45) is 8.20. The van der Waals surface area contributed by atoms with Crippen LogP contribution < -0.4 is 14.4 Å². The summed E-state index contributed by atoms with van der Waals surface area (Å²) < 4.78 is 13.1. The van der Waals surface area contributed by atoms with E-state index in [0.29, 0.717) is 5.03 Å². The predicted molar refractivity (Wildman–Crippen MR) is 142 cm³/mol. The molecule has 0 fully saturated rings. The van der Waals surface area contributed by atoms with Gasteiger partial charge in [0.2, 0.25) is 5.69 Å². The highest BCUT2D eigenvalue weighted by Gasteiger charge is 2.43. The number of nitrogens with zero attached hydrogens (tertiary/aromatic N) is 2. The van der Waals surface area contributed by atoms with Gasteiger partial charge in [0.15, 0.2) is 5.71 Å². The van der Waals surface area contributed by atoms with Crippen molar-refractivity contribution >= 4 is 28.7 Å². The van der Waals surface area contributed by atoms with Gasteiger partial charge in [-0.25, -0.2) is 0 Å². The van der Waals surface area contributed by atoms with Gasteiger partial charge in [0.25, 0.3) is 0 Å². The van der Waals surface area contributed by atoms with Crippen LogP contribution in [0.15, 0.2) is 71.4 Å². The summed E-state index contributed by atoms with van der Waals surface area (Å²) in [7, 11) is 7.60. The predicted octanol–water partition coefficient (Wildman–Crippen LogP) is 6.70. The zero-order valence-electron chi connectivity index (χ0n) is 21.4. The van der Waals surface area contributed by atoms with Crippen molar-refractivity contribution in [3.8, 4) is 11.5 Å². The van der Waals surface area contributed by atoms with Crippen LogP contribution in [0.3, 0.4) is 0 Å². The molecule has 0 aliphatic carbocycles. The van der Waals surface area contributed by atoms with Crippen molar-refractivity contribution in [2.45, 2.75) is 38.5 Å². The number of ether oxygens (including phenoxy) is 2. The quantitative estimate of drug-likeness (QED) is 0.353. The average Bonchev–Trinajstić information content (AvgIpc) is 3.13. The number of fused-ring (bicyclic) bond motifs is 2. The van der Waals surface area contributed by atoms with Crippen molar-refractivity contribution in [3.05, 3.63) is 82.6 Å². The molecule has 0 radical (unpaired) electrons. The SMILES string of the molecule is COc1ccc2c(c1)C(C)(C)C(/C=C/C(Cl)=C/C=C1/N(C)c3ccc(OC)cc3C1(C)C)=[N+]2C. The molecule has 2 aliphatic rings. The zero-order valence-corrected chi connectivity index (χ0v) is 22.1. The van der Waals surface area contributed by atoms with Gasteiger partial charge in [-0.15, -0.1) is 0 Å². The van der Waals surface area contributed by atoms with Gasteiger partial charge >= 0.3 is 0 Å². The molecule has 4 rings (SSSR count). The first-order valence-corrected chi connectivity index (χ1v) is 11.9. The first kappa shape index (κ1) is 24.2. The van der Waals surface area contributed by atoms with Crippen LogP contribution in [0, 0.1) is 0 Å². The van der Waals surface area contributed by atoms with E-state index in [2.05, 4.69) is 87.7 Å². The molecule has 4 nitrogen and oxygen atoms in total. The van der Waals surface area contributed by atoms with Crippen molar-refractivity contribution in [2.24, 2.45) is 0 Å². The fourth-order valence-corrected chi connectivity index (χ4v) is 5.38. The third kappa shape index (κ3) is 3.84. The molecule has 2 aromatic carbocycles. The third-order valence-corrected chi connectivity index (χ3v) is 7.53. The first-order chi connectivity index (χ1) is 16.0. The van der Waals surface area contributed by atoms with E-state index in [1.807, 2.05) is 24.3 Å². The first-order valence-electron chi connectivity index (χ1n) is 11.5. The maximum atomic E-state index is 6.68. The second kappa shape index (κ2) is 8.66. The maximum absolute atomic E-state index is 6.68. The van der Waals surface area contributed by atoms with Gasteiger partial charge in [-0.05, 0) is 68.0 Å². The number of rotatable bonds is 5. The lowest BCUT2D eigenvalue weighted by atomic mass is 9.81. The van der Waals surface area contributed by atoms with E-state index in [9.17, 15) is 0 Å². The third-order valence-electron chi connectivity index (χ3n) is 7.28. The summed E-state index contributed by atoms with van der Waals surface area (Å²) in [5.41, 5.74) is 6.95. The number of halogens is 1. The molecule has 0 aromatic heterocycles. The summed E-state index contributed by atoms with van der Waals surface area (Å²) in [6.45, 7) is 8.93. The summed E-state index contributed by atoms with van der Waals surface area (Å²) in [5, 5.41) is 0.676. The van der Waals surface area contributed by atoms with Crippen LogP contribution in [0.2, 0.25) is 0 Å². The van der Waals surface area contributed by atoms with Crippen LogP contribution in [0.5, 0.6) is 11.5 Å². The van der Waals surface area contributed by atoms with Crippen LogP contribution in [-0.4, -0.2) is 38.6 Å². The van der Waals surface area contributed by atoms with Crippen LogP contribution in [0.25, 0.3) is 0 Å². The normalized spacial score (nSPS) is 19.7. The second-order valence-electron chi connectivity index (χ2n) is 9.96. The summed E-state index contributed by atoms with van der Waals surface area (Å²) >= 11 is 6.68. The molecule has 2 heterocycles. The number of methoxy groups -OCH3 is 2. The molecule has 0 N–H and O–H groups in total. The monoisotopic (exact) mass is 477 g/mol. The van der Waals surface area contributed by atoms with E-state index >= 15 is 0 Å². The number of allylic oxidation sites excluding steroid dienone is 6. The molecule has 0 saturated heterocycles. The van der Waals surface area contributed by atoms with Gasteiger partial charge in [0.05, 0.1) is 19.6 Å². The summed E-state index contributed by atoms with van der Waals surface area (Å²) in [4.78, 5) is 2.23. The van der Waals surface area contributed by atoms with E-state index in [4.69, 9.17) is 21.1 Å². The molecule has 2 aromatic rings. The Morgan fingerprint density at radius 2 is 1.56 bits per heavy atom. The van der Waals surface area contributed by atoms with E-state index in [-0.39, 0.29) is 10.8 Å². The van der Waals surface area contributed by atoms with Crippen molar-refractivity contribution in [3.63, 3.8) is 0 Å². The minimum absolute atomic E-state index is 0.154. The van der Waals surface area contributed by atoms with Crippen LogP contribution in [-0.2, 0) is 10.8 Å². The molecule has 0 spiro atoms. The Labute approximate surface area is 208 Å². The average molecular weight is 478 g/mol. The van der Waals surface area contributed by atoms with Gasteiger partial charge in [-0.1, -0.05) is 25.4 Å². The van der Waals surface area contributed by atoms with E-state index in [1.165, 1.54) is 33.9 Å². The molecule has 34 heavy (non-hydrogen) atoms. The number of anilines is 1. The fourth-order valence-electron chi connectivity index (χ4n) is 5.26. The molecule has 2 aliphatic heterocycles. The molecular weight excluding hydrogens is 444 g/mol. The van der Waals surface area contributed by atoms with Crippen LogP contribution in [0.4, 0.5) is 11.4 Å².